The first-order valence-electron chi connectivity index (χ1n) is 12.2. The maximum Gasteiger partial charge on any atom is 0.229 e. The zero-order chi connectivity index (χ0) is 25.5. The molecule has 5 aromatic rings. The zero-order valence-corrected chi connectivity index (χ0v) is 21.3. The van der Waals surface area contributed by atoms with E-state index in [1.807, 2.05) is 72.1 Å². The average molecular weight is 510 g/mol. The van der Waals surface area contributed by atoms with Gasteiger partial charge in [-0.3, -0.25) is 4.79 Å². The number of thiophene rings is 1. The van der Waals surface area contributed by atoms with Gasteiger partial charge in [-0.2, -0.15) is 5.21 Å². The van der Waals surface area contributed by atoms with Crippen LogP contribution in [0.25, 0.3) is 22.6 Å². The van der Waals surface area contributed by atoms with Crippen molar-refractivity contribution >= 4 is 28.7 Å². The summed E-state index contributed by atoms with van der Waals surface area (Å²) in [4.78, 5) is 21.2. The molecular weight excluding hydrogens is 482 g/mol. The number of aromatic nitrogens is 5. The average Bonchev–Trinajstić information content (AvgIpc) is 3.64. The van der Waals surface area contributed by atoms with E-state index in [1.54, 1.807) is 11.3 Å². The van der Waals surface area contributed by atoms with Crippen molar-refractivity contribution in [2.45, 2.75) is 26.3 Å². The fraction of sp³-hybridized carbons (Fsp3) is 0.179. The summed E-state index contributed by atoms with van der Waals surface area (Å²) in [7, 11) is 0. The number of carbonyl (C=O) groups is 1. The van der Waals surface area contributed by atoms with E-state index in [0.29, 0.717) is 24.5 Å². The van der Waals surface area contributed by atoms with E-state index in [1.165, 1.54) is 5.56 Å². The Bertz CT molecular complexity index is 1440. The highest BCUT2D eigenvalue weighted by molar-refractivity contribution is 7.10. The van der Waals surface area contributed by atoms with Crippen molar-refractivity contribution in [3.8, 4) is 22.6 Å². The van der Waals surface area contributed by atoms with E-state index >= 15 is 0 Å². The summed E-state index contributed by atoms with van der Waals surface area (Å²) in [6.45, 7) is 3.68. The molecule has 0 radical (unpaired) electrons. The Kier molecular flexibility index (Phi) is 7.61. The molecule has 0 atom stereocenters. The van der Waals surface area contributed by atoms with Crippen LogP contribution in [0.3, 0.4) is 0 Å². The lowest BCUT2D eigenvalue weighted by atomic mass is 10.0. The normalized spacial score (nSPS) is 10.8. The molecule has 5 rings (SSSR count). The van der Waals surface area contributed by atoms with Gasteiger partial charge in [0.15, 0.2) is 0 Å². The fourth-order valence-corrected chi connectivity index (χ4v) is 4.89. The van der Waals surface area contributed by atoms with Crippen molar-refractivity contribution in [3.63, 3.8) is 0 Å². The maximum absolute atomic E-state index is 12.9. The van der Waals surface area contributed by atoms with Crippen LogP contribution < -0.4 is 10.2 Å². The molecule has 3 aromatic heterocycles. The topological polar surface area (TPSA) is 99.7 Å². The molecule has 2 N–H and O–H groups in total. The molecule has 0 saturated carbocycles. The summed E-state index contributed by atoms with van der Waals surface area (Å²) < 4.78 is 0. The molecule has 1 amide bonds. The standard InChI is InChI=1S/C28H27N7OS/c1-2-14-35(19-20-9-4-3-5-10-20)26-17-21(29-27(36)18-22-11-8-15-37-22)16-25(30-26)23-12-6-7-13-24(23)28-31-33-34-32-28/h3-13,15-17H,2,14,18-19H2,1H3,(H,29,30,36)(H,31,32,33,34). The van der Waals surface area contributed by atoms with Gasteiger partial charge >= 0.3 is 0 Å². The van der Waals surface area contributed by atoms with Crippen LogP contribution in [0.5, 0.6) is 0 Å². The van der Waals surface area contributed by atoms with Gasteiger partial charge in [-0.1, -0.05) is 67.6 Å². The van der Waals surface area contributed by atoms with E-state index in [0.717, 1.165) is 40.5 Å². The van der Waals surface area contributed by atoms with Gasteiger partial charge in [0.1, 0.15) is 5.82 Å². The molecule has 9 heteroatoms. The maximum atomic E-state index is 12.9. The van der Waals surface area contributed by atoms with Gasteiger partial charge in [0, 0.05) is 40.8 Å². The molecular formula is C28H27N7OS. The second-order valence-corrected chi connectivity index (χ2v) is 9.62. The molecule has 3 heterocycles. The monoisotopic (exact) mass is 509 g/mol. The first-order valence-corrected chi connectivity index (χ1v) is 13.0. The summed E-state index contributed by atoms with van der Waals surface area (Å²) in [5.41, 5.74) is 4.27. The van der Waals surface area contributed by atoms with E-state index in [2.05, 4.69) is 49.9 Å². The molecule has 8 nitrogen and oxygen atoms in total. The second-order valence-electron chi connectivity index (χ2n) is 8.59. The van der Waals surface area contributed by atoms with Gasteiger partial charge in [-0.15, -0.1) is 21.5 Å². The quantitative estimate of drug-likeness (QED) is 0.255. The summed E-state index contributed by atoms with van der Waals surface area (Å²) in [6.07, 6.45) is 1.28. The Labute approximate surface area is 219 Å². The van der Waals surface area contributed by atoms with Crippen LogP contribution in [0, 0.1) is 0 Å². The van der Waals surface area contributed by atoms with Crippen molar-refractivity contribution in [2.24, 2.45) is 0 Å². The Balaban J connectivity index is 1.55. The number of anilines is 2. The molecule has 0 saturated heterocycles. The van der Waals surface area contributed by atoms with Crippen molar-refractivity contribution in [1.29, 1.82) is 0 Å². The van der Waals surface area contributed by atoms with Crippen LogP contribution >= 0.6 is 11.3 Å². The molecule has 0 unspecified atom stereocenters. The second kappa shape index (κ2) is 11.6. The van der Waals surface area contributed by atoms with Crippen LogP contribution in [0.4, 0.5) is 11.5 Å². The van der Waals surface area contributed by atoms with Crippen LogP contribution in [-0.2, 0) is 17.8 Å². The lowest BCUT2D eigenvalue weighted by Gasteiger charge is -2.25. The Hall–Kier alpha value is -4.37. The lowest BCUT2D eigenvalue weighted by molar-refractivity contribution is -0.115. The van der Waals surface area contributed by atoms with Crippen LogP contribution in [-0.4, -0.2) is 38.1 Å². The minimum Gasteiger partial charge on any atom is -0.352 e. The van der Waals surface area contributed by atoms with Gasteiger partial charge in [-0.25, -0.2) is 4.98 Å². The third-order valence-electron chi connectivity index (χ3n) is 5.83. The summed E-state index contributed by atoms with van der Waals surface area (Å²) in [5.74, 6) is 1.21. The number of tetrazole rings is 1. The van der Waals surface area contributed by atoms with Gasteiger partial charge < -0.3 is 10.2 Å². The van der Waals surface area contributed by atoms with E-state index in [-0.39, 0.29) is 5.91 Å². The zero-order valence-electron chi connectivity index (χ0n) is 20.5. The number of nitrogens with zero attached hydrogens (tertiary/aromatic N) is 5. The predicted octanol–water partition coefficient (Wildman–Crippen LogP) is 5.59. The number of rotatable bonds is 10. The SMILES string of the molecule is CCCN(Cc1ccccc1)c1cc(NC(=O)Cc2cccs2)cc(-c2ccccc2-c2nn[nH]n2)n1. The number of hydrogen-bond donors (Lipinski definition) is 2. The molecule has 0 aliphatic rings. The number of carbonyl (C=O) groups excluding carboxylic acids is 1. The van der Waals surface area contributed by atoms with E-state index in [9.17, 15) is 4.79 Å². The Morgan fingerprint density at radius 1 is 1.00 bits per heavy atom. The van der Waals surface area contributed by atoms with Crippen LogP contribution in [0.15, 0.2) is 84.2 Å². The molecule has 0 spiro atoms. The first-order chi connectivity index (χ1) is 18.2. The number of benzene rings is 2. The minimum atomic E-state index is -0.0675. The van der Waals surface area contributed by atoms with Gasteiger partial charge in [0.2, 0.25) is 11.7 Å². The molecule has 2 aromatic carbocycles. The number of H-pyrrole nitrogens is 1. The van der Waals surface area contributed by atoms with Crippen molar-refractivity contribution in [2.75, 3.05) is 16.8 Å². The number of pyridine rings is 1. The summed E-state index contributed by atoms with van der Waals surface area (Å²) >= 11 is 1.57. The first kappa shape index (κ1) is 24.3. The van der Waals surface area contributed by atoms with Crippen molar-refractivity contribution in [3.05, 3.63) is 94.7 Å². The Morgan fingerprint density at radius 2 is 1.81 bits per heavy atom. The van der Waals surface area contributed by atoms with Gasteiger partial charge in [0.05, 0.1) is 12.1 Å². The smallest absolute Gasteiger partial charge is 0.229 e. The Morgan fingerprint density at radius 3 is 2.54 bits per heavy atom. The molecule has 186 valence electrons. The van der Waals surface area contributed by atoms with E-state index < -0.39 is 0 Å². The number of nitrogens with one attached hydrogen (secondary N) is 2. The summed E-state index contributed by atoms with van der Waals surface area (Å²) in [5, 5.41) is 19.7. The minimum absolute atomic E-state index is 0.0675. The molecule has 0 bridgehead atoms. The predicted molar refractivity (Wildman–Crippen MR) is 147 cm³/mol. The van der Waals surface area contributed by atoms with E-state index in [4.69, 9.17) is 4.98 Å². The highest BCUT2D eigenvalue weighted by Gasteiger charge is 2.17. The lowest BCUT2D eigenvalue weighted by Crippen LogP contribution is -2.25. The van der Waals surface area contributed by atoms with Gasteiger partial charge in [-0.05, 0) is 34.7 Å². The molecule has 0 aliphatic heterocycles. The molecule has 37 heavy (non-hydrogen) atoms. The fourth-order valence-electron chi connectivity index (χ4n) is 4.19. The number of amides is 1. The van der Waals surface area contributed by atoms with Crippen LogP contribution in [0.1, 0.15) is 23.8 Å². The largest absolute Gasteiger partial charge is 0.352 e. The number of aromatic amines is 1. The molecule has 0 fully saturated rings. The highest BCUT2D eigenvalue weighted by atomic mass is 32.1. The van der Waals surface area contributed by atoms with Gasteiger partial charge in [0.25, 0.3) is 0 Å². The third kappa shape index (κ3) is 6.07. The summed E-state index contributed by atoms with van der Waals surface area (Å²) in [6, 6.07) is 25.9. The highest BCUT2D eigenvalue weighted by Crippen LogP contribution is 2.32. The van der Waals surface area contributed by atoms with Crippen molar-refractivity contribution < 1.29 is 4.79 Å². The molecule has 0 aliphatic carbocycles. The number of hydrogen-bond acceptors (Lipinski definition) is 7. The van der Waals surface area contributed by atoms with Crippen LogP contribution in [0.2, 0.25) is 0 Å². The van der Waals surface area contributed by atoms with Crippen molar-refractivity contribution in [1.82, 2.24) is 25.6 Å². The third-order valence-corrected chi connectivity index (χ3v) is 6.71.